The summed E-state index contributed by atoms with van der Waals surface area (Å²) in [6.45, 7) is 6.31. The van der Waals surface area contributed by atoms with Crippen LogP contribution in [0.3, 0.4) is 0 Å². The average molecular weight is 247 g/mol. The summed E-state index contributed by atoms with van der Waals surface area (Å²) in [6, 6.07) is 11.0. The summed E-state index contributed by atoms with van der Waals surface area (Å²) in [7, 11) is 0. The predicted octanol–water partition coefficient (Wildman–Crippen LogP) is 2.93. The second kappa shape index (κ2) is 5.11. The van der Waals surface area contributed by atoms with Crippen LogP contribution >= 0.6 is 0 Å². The number of aliphatic carboxylic acids is 1. The minimum atomic E-state index is -0.669. The molecule has 0 spiro atoms. The van der Waals surface area contributed by atoms with Crippen molar-refractivity contribution in [3.8, 4) is 0 Å². The van der Waals surface area contributed by atoms with Crippen LogP contribution < -0.4 is 0 Å². The van der Waals surface area contributed by atoms with Crippen LogP contribution in [0.1, 0.15) is 38.8 Å². The molecule has 1 aliphatic rings. The van der Waals surface area contributed by atoms with Crippen LogP contribution in [0.5, 0.6) is 0 Å². The van der Waals surface area contributed by atoms with Crippen molar-refractivity contribution in [2.45, 2.75) is 45.3 Å². The molecule has 1 saturated heterocycles. The summed E-state index contributed by atoms with van der Waals surface area (Å²) in [5.41, 5.74) is 1.25. The van der Waals surface area contributed by atoms with Crippen LogP contribution in [0.2, 0.25) is 0 Å². The molecule has 98 valence electrons. The van der Waals surface area contributed by atoms with E-state index in [1.807, 2.05) is 25.1 Å². The lowest BCUT2D eigenvalue weighted by Gasteiger charge is -2.33. The van der Waals surface area contributed by atoms with Crippen molar-refractivity contribution in [1.29, 1.82) is 0 Å². The highest BCUT2D eigenvalue weighted by Gasteiger charge is 2.42. The first-order valence-corrected chi connectivity index (χ1v) is 6.57. The van der Waals surface area contributed by atoms with E-state index in [-0.39, 0.29) is 18.0 Å². The number of carbonyl (C=O) groups is 1. The highest BCUT2D eigenvalue weighted by atomic mass is 16.4. The van der Waals surface area contributed by atoms with Gasteiger partial charge in [-0.15, -0.1) is 0 Å². The first kappa shape index (κ1) is 13.1. The fraction of sp³-hybridized carbons (Fsp3) is 0.533. The number of hydrogen-bond donors (Lipinski definition) is 1. The molecule has 1 heterocycles. The number of nitrogens with zero attached hydrogens (tertiary/aromatic N) is 1. The van der Waals surface area contributed by atoms with E-state index in [1.54, 1.807) is 0 Å². The maximum absolute atomic E-state index is 11.2. The van der Waals surface area contributed by atoms with E-state index in [0.29, 0.717) is 6.04 Å². The molecule has 0 saturated carbocycles. The zero-order chi connectivity index (χ0) is 13.3. The van der Waals surface area contributed by atoms with E-state index in [9.17, 15) is 9.90 Å². The summed E-state index contributed by atoms with van der Waals surface area (Å²) in [6.07, 6.45) is 0.744. The number of carboxylic acids is 1. The summed E-state index contributed by atoms with van der Waals surface area (Å²) in [4.78, 5) is 13.6. The van der Waals surface area contributed by atoms with Gasteiger partial charge in [-0.1, -0.05) is 30.3 Å². The minimum absolute atomic E-state index is 0.0905. The Balaban J connectivity index is 2.20. The minimum Gasteiger partial charge on any atom is -0.481 e. The van der Waals surface area contributed by atoms with Crippen LogP contribution in [0.15, 0.2) is 30.3 Å². The number of benzene rings is 1. The van der Waals surface area contributed by atoms with Crippen molar-refractivity contribution in [2.75, 3.05) is 0 Å². The highest BCUT2D eigenvalue weighted by molar-refractivity contribution is 5.71. The lowest BCUT2D eigenvalue weighted by molar-refractivity contribution is -0.142. The van der Waals surface area contributed by atoms with Gasteiger partial charge in [-0.2, -0.15) is 0 Å². The largest absolute Gasteiger partial charge is 0.481 e. The third-order valence-corrected chi connectivity index (χ3v) is 4.20. The van der Waals surface area contributed by atoms with Gasteiger partial charge in [-0.05, 0) is 32.8 Å². The van der Waals surface area contributed by atoms with Gasteiger partial charge in [-0.3, -0.25) is 9.69 Å². The lowest BCUT2D eigenvalue weighted by Crippen LogP contribution is -2.37. The molecule has 0 bridgehead atoms. The van der Waals surface area contributed by atoms with Crippen molar-refractivity contribution in [1.82, 2.24) is 4.90 Å². The molecule has 4 atom stereocenters. The van der Waals surface area contributed by atoms with Crippen molar-refractivity contribution in [3.05, 3.63) is 35.9 Å². The molecule has 1 fully saturated rings. The zero-order valence-corrected chi connectivity index (χ0v) is 11.2. The van der Waals surface area contributed by atoms with Gasteiger partial charge in [0.1, 0.15) is 0 Å². The second-order valence-electron chi connectivity index (χ2n) is 5.30. The van der Waals surface area contributed by atoms with Crippen LogP contribution in [-0.2, 0) is 4.79 Å². The molecule has 0 aromatic heterocycles. The van der Waals surface area contributed by atoms with Gasteiger partial charge >= 0.3 is 5.97 Å². The Morgan fingerprint density at radius 1 is 1.33 bits per heavy atom. The molecule has 0 amide bonds. The molecule has 1 aliphatic heterocycles. The third kappa shape index (κ3) is 2.27. The standard InChI is InChI=1S/C15H21NO2/c1-10-9-14(15(17)18)12(3)16(10)11(2)13-7-5-4-6-8-13/h4-8,10-12,14H,9H2,1-3H3,(H,17,18)/t10-,11?,12-,14-/m0/s1. The highest BCUT2D eigenvalue weighted by Crippen LogP contribution is 2.36. The van der Waals surface area contributed by atoms with Crippen molar-refractivity contribution in [3.63, 3.8) is 0 Å². The lowest BCUT2D eigenvalue weighted by atomic mass is 10.0. The molecule has 1 aromatic rings. The van der Waals surface area contributed by atoms with Crippen LogP contribution in [0.25, 0.3) is 0 Å². The summed E-state index contributed by atoms with van der Waals surface area (Å²) < 4.78 is 0. The Morgan fingerprint density at radius 2 is 1.94 bits per heavy atom. The van der Waals surface area contributed by atoms with Gasteiger partial charge in [0.15, 0.2) is 0 Å². The van der Waals surface area contributed by atoms with Crippen LogP contribution in [0, 0.1) is 5.92 Å². The van der Waals surface area contributed by atoms with Crippen molar-refractivity contribution >= 4 is 5.97 Å². The topological polar surface area (TPSA) is 40.5 Å². The molecule has 0 aliphatic carbocycles. The fourth-order valence-electron chi connectivity index (χ4n) is 3.24. The quantitative estimate of drug-likeness (QED) is 0.892. The van der Waals surface area contributed by atoms with E-state index < -0.39 is 5.97 Å². The number of hydrogen-bond acceptors (Lipinski definition) is 2. The first-order valence-electron chi connectivity index (χ1n) is 6.57. The van der Waals surface area contributed by atoms with Crippen molar-refractivity contribution in [2.24, 2.45) is 5.92 Å². The Morgan fingerprint density at radius 3 is 2.44 bits per heavy atom. The summed E-state index contributed by atoms with van der Waals surface area (Å²) in [5, 5.41) is 9.24. The maximum atomic E-state index is 11.2. The molecule has 2 rings (SSSR count). The molecule has 1 N–H and O–H groups in total. The average Bonchev–Trinajstić information content (AvgIpc) is 2.65. The van der Waals surface area contributed by atoms with E-state index in [1.165, 1.54) is 5.56 Å². The van der Waals surface area contributed by atoms with E-state index in [4.69, 9.17) is 0 Å². The Labute approximate surface area is 108 Å². The SMILES string of the molecule is CC(c1ccccc1)N1[C@@H](C)C[C@H](C(=O)O)[C@@H]1C. The number of carboxylic acid groups (broad SMARTS) is 1. The Kier molecular flexibility index (Phi) is 3.71. The maximum Gasteiger partial charge on any atom is 0.308 e. The van der Waals surface area contributed by atoms with Crippen LogP contribution in [0.4, 0.5) is 0 Å². The van der Waals surface area contributed by atoms with Gasteiger partial charge in [-0.25, -0.2) is 0 Å². The van der Waals surface area contributed by atoms with Gasteiger partial charge < -0.3 is 5.11 Å². The van der Waals surface area contributed by atoms with E-state index >= 15 is 0 Å². The number of likely N-dealkylation sites (tertiary alicyclic amines) is 1. The van der Waals surface area contributed by atoms with Crippen molar-refractivity contribution < 1.29 is 9.90 Å². The third-order valence-electron chi connectivity index (χ3n) is 4.20. The van der Waals surface area contributed by atoms with Gasteiger partial charge in [0.25, 0.3) is 0 Å². The molecule has 0 radical (unpaired) electrons. The molecular formula is C15H21NO2. The smallest absolute Gasteiger partial charge is 0.308 e. The normalized spacial score (nSPS) is 30.3. The number of rotatable bonds is 3. The van der Waals surface area contributed by atoms with Gasteiger partial charge in [0.05, 0.1) is 5.92 Å². The predicted molar refractivity (Wildman–Crippen MR) is 71.4 cm³/mol. The fourth-order valence-corrected chi connectivity index (χ4v) is 3.24. The van der Waals surface area contributed by atoms with Crippen LogP contribution in [-0.4, -0.2) is 28.1 Å². The monoisotopic (exact) mass is 247 g/mol. The summed E-state index contributed by atoms with van der Waals surface area (Å²) >= 11 is 0. The molecule has 3 heteroatoms. The molecule has 3 nitrogen and oxygen atoms in total. The second-order valence-corrected chi connectivity index (χ2v) is 5.30. The van der Waals surface area contributed by atoms with E-state index in [0.717, 1.165) is 6.42 Å². The molecule has 1 aromatic carbocycles. The molecular weight excluding hydrogens is 226 g/mol. The van der Waals surface area contributed by atoms with Gasteiger partial charge in [0.2, 0.25) is 0 Å². The molecule has 18 heavy (non-hydrogen) atoms. The first-order chi connectivity index (χ1) is 8.52. The Bertz CT molecular complexity index is 418. The molecule has 1 unspecified atom stereocenters. The van der Waals surface area contributed by atoms with Gasteiger partial charge in [0, 0.05) is 18.1 Å². The zero-order valence-electron chi connectivity index (χ0n) is 11.2. The van der Waals surface area contributed by atoms with E-state index in [2.05, 4.69) is 30.9 Å². The Hall–Kier alpha value is -1.35. The summed E-state index contributed by atoms with van der Waals surface area (Å²) in [5.74, 6) is -0.914.